The average molecular weight is 236 g/mol. The molecular weight excluding hydrogens is 220 g/mol. The highest BCUT2D eigenvalue weighted by Crippen LogP contribution is 2.11. The third kappa shape index (κ3) is 3.06. The predicted molar refractivity (Wildman–Crippen MR) is 66.5 cm³/mol. The van der Waals surface area contributed by atoms with Crippen molar-refractivity contribution < 1.29 is 0 Å². The SMILES string of the molecule is CC(C)Cn1cc(NCc2cncs2)cn1. The van der Waals surface area contributed by atoms with Gasteiger partial charge in [-0.15, -0.1) is 11.3 Å². The van der Waals surface area contributed by atoms with Gasteiger partial charge in [-0.25, -0.2) is 0 Å². The van der Waals surface area contributed by atoms with Gasteiger partial charge in [-0.3, -0.25) is 9.67 Å². The van der Waals surface area contributed by atoms with E-state index in [1.807, 2.05) is 28.8 Å². The Morgan fingerprint density at radius 1 is 1.44 bits per heavy atom. The molecule has 0 aliphatic carbocycles. The van der Waals surface area contributed by atoms with Crippen molar-refractivity contribution in [3.8, 4) is 0 Å². The minimum Gasteiger partial charge on any atom is -0.378 e. The molecule has 4 nitrogen and oxygen atoms in total. The maximum absolute atomic E-state index is 4.30. The molecule has 0 saturated heterocycles. The van der Waals surface area contributed by atoms with Crippen LogP contribution in [0.2, 0.25) is 0 Å². The lowest BCUT2D eigenvalue weighted by Crippen LogP contribution is -2.04. The largest absolute Gasteiger partial charge is 0.378 e. The summed E-state index contributed by atoms with van der Waals surface area (Å²) >= 11 is 1.66. The van der Waals surface area contributed by atoms with Gasteiger partial charge in [0.25, 0.3) is 0 Å². The second-order valence-corrected chi connectivity index (χ2v) is 5.14. The van der Waals surface area contributed by atoms with Crippen LogP contribution in [0.3, 0.4) is 0 Å². The van der Waals surface area contributed by atoms with Gasteiger partial charge in [-0.05, 0) is 5.92 Å². The number of thiazole rings is 1. The van der Waals surface area contributed by atoms with Crippen LogP contribution >= 0.6 is 11.3 Å². The lowest BCUT2D eigenvalue weighted by molar-refractivity contribution is 0.483. The Hall–Kier alpha value is -1.36. The number of nitrogens with one attached hydrogen (secondary N) is 1. The summed E-state index contributed by atoms with van der Waals surface area (Å²) in [4.78, 5) is 5.27. The van der Waals surface area contributed by atoms with Crippen LogP contribution in [0.15, 0.2) is 24.1 Å². The van der Waals surface area contributed by atoms with E-state index in [4.69, 9.17) is 0 Å². The number of anilines is 1. The Morgan fingerprint density at radius 2 is 2.31 bits per heavy atom. The van der Waals surface area contributed by atoms with Crippen molar-refractivity contribution in [1.29, 1.82) is 0 Å². The Kier molecular flexibility index (Phi) is 3.56. The van der Waals surface area contributed by atoms with Crippen molar-refractivity contribution in [2.24, 2.45) is 5.92 Å². The van der Waals surface area contributed by atoms with Crippen LogP contribution in [-0.4, -0.2) is 14.8 Å². The maximum atomic E-state index is 4.30. The molecule has 1 N–H and O–H groups in total. The molecule has 0 fully saturated rings. The molecule has 0 unspecified atom stereocenters. The summed E-state index contributed by atoms with van der Waals surface area (Å²) in [6.45, 7) is 6.15. The number of rotatable bonds is 5. The monoisotopic (exact) mass is 236 g/mol. The van der Waals surface area contributed by atoms with Crippen LogP contribution in [0.4, 0.5) is 5.69 Å². The van der Waals surface area contributed by atoms with E-state index in [2.05, 4.69) is 29.2 Å². The summed E-state index contributed by atoms with van der Waals surface area (Å²) in [7, 11) is 0. The topological polar surface area (TPSA) is 42.7 Å². The average Bonchev–Trinajstić information content (AvgIpc) is 2.84. The number of aromatic nitrogens is 3. The molecular formula is C11H16N4S. The Labute approximate surface area is 99.3 Å². The third-order valence-corrected chi connectivity index (χ3v) is 2.92. The van der Waals surface area contributed by atoms with Crippen molar-refractivity contribution in [2.75, 3.05) is 5.32 Å². The zero-order valence-electron chi connectivity index (χ0n) is 9.55. The van der Waals surface area contributed by atoms with Gasteiger partial charge in [0.05, 0.1) is 23.9 Å². The van der Waals surface area contributed by atoms with Gasteiger partial charge in [0.15, 0.2) is 0 Å². The lowest BCUT2D eigenvalue weighted by atomic mass is 10.2. The first-order valence-corrected chi connectivity index (χ1v) is 6.25. The van der Waals surface area contributed by atoms with Gasteiger partial charge in [0, 0.05) is 23.8 Å². The van der Waals surface area contributed by atoms with Crippen molar-refractivity contribution in [3.63, 3.8) is 0 Å². The zero-order chi connectivity index (χ0) is 11.4. The molecule has 0 radical (unpaired) electrons. The smallest absolute Gasteiger partial charge is 0.0794 e. The van der Waals surface area contributed by atoms with Gasteiger partial charge in [0.1, 0.15) is 0 Å². The Morgan fingerprint density at radius 3 is 3.00 bits per heavy atom. The van der Waals surface area contributed by atoms with E-state index in [1.54, 1.807) is 11.3 Å². The highest BCUT2D eigenvalue weighted by Gasteiger charge is 2.01. The zero-order valence-corrected chi connectivity index (χ0v) is 10.4. The standard InChI is InChI=1S/C11H16N4S/c1-9(2)6-15-7-10(3-14-15)13-5-11-4-12-8-16-11/h3-4,7-9,13H,5-6H2,1-2H3. The maximum Gasteiger partial charge on any atom is 0.0794 e. The summed E-state index contributed by atoms with van der Waals surface area (Å²) in [5, 5.41) is 7.63. The van der Waals surface area contributed by atoms with E-state index in [1.165, 1.54) is 4.88 Å². The van der Waals surface area contributed by atoms with E-state index in [0.29, 0.717) is 5.92 Å². The van der Waals surface area contributed by atoms with E-state index in [-0.39, 0.29) is 0 Å². The Bertz CT molecular complexity index is 419. The summed E-state index contributed by atoms with van der Waals surface area (Å²) in [5.74, 6) is 0.620. The second kappa shape index (κ2) is 5.12. The van der Waals surface area contributed by atoms with E-state index in [9.17, 15) is 0 Å². The van der Waals surface area contributed by atoms with E-state index < -0.39 is 0 Å². The van der Waals surface area contributed by atoms with Crippen LogP contribution in [0.25, 0.3) is 0 Å². The number of nitrogens with zero attached hydrogens (tertiary/aromatic N) is 3. The van der Waals surface area contributed by atoms with Crippen LogP contribution < -0.4 is 5.32 Å². The van der Waals surface area contributed by atoms with Crippen molar-refractivity contribution >= 4 is 17.0 Å². The summed E-state index contributed by atoms with van der Waals surface area (Å²) < 4.78 is 1.97. The molecule has 2 aromatic rings. The second-order valence-electron chi connectivity index (χ2n) is 4.17. The van der Waals surface area contributed by atoms with Crippen molar-refractivity contribution in [1.82, 2.24) is 14.8 Å². The summed E-state index contributed by atoms with van der Waals surface area (Å²) in [6.07, 6.45) is 5.79. The molecule has 0 spiro atoms. The third-order valence-electron chi connectivity index (χ3n) is 2.14. The number of hydrogen-bond donors (Lipinski definition) is 1. The van der Waals surface area contributed by atoms with Crippen LogP contribution in [0.1, 0.15) is 18.7 Å². The molecule has 0 saturated carbocycles. The van der Waals surface area contributed by atoms with Crippen LogP contribution in [-0.2, 0) is 13.1 Å². The highest BCUT2D eigenvalue weighted by atomic mass is 32.1. The van der Waals surface area contributed by atoms with E-state index in [0.717, 1.165) is 18.8 Å². The quantitative estimate of drug-likeness (QED) is 0.867. The van der Waals surface area contributed by atoms with Gasteiger partial charge in [-0.2, -0.15) is 5.10 Å². The first-order valence-electron chi connectivity index (χ1n) is 5.37. The minimum atomic E-state index is 0.620. The fraction of sp³-hybridized carbons (Fsp3) is 0.455. The molecule has 2 rings (SSSR count). The van der Waals surface area contributed by atoms with Crippen LogP contribution in [0.5, 0.6) is 0 Å². The molecule has 0 aliphatic rings. The molecule has 0 aliphatic heterocycles. The summed E-state index contributed by atoms with van der Waals surface area (Å²) in [5.41, 5.74) is 2.91. The van der Waals surface area contributed by atoms with Gasteiger partial charge in [-0.1, -0.05) is 13.8 Å². The molecule has 0 amide bonds. The molecule has 5 heteroatoms. The van der Waals surface area contributed by atoms with E-state index >= 15 is 0 Å². The highest BCUT2D eigenvalue weighted by molar-refractivity contribution is 7.09. The predicted octanol–water partition coefficient (Wildman–Crippen LogP) is 2.61. The first-order chi connectivity index (χ1) is 7.74. The van der Waals surface area contributed by atoms with Crippen LogP contribution in [0, 0.1) is 5.92 Å². The van der Waals surface area contributed by atoms with Crippen molar-refractivity contribution in [2.45, 2.75) is 26.9 Å². The van der Waals surface area contributed by atoms with Gasteiger partial charge in [0.2, 0.25) is 0 Å². The fourth-order valence-corrected chi connectivity index (χ4v) is 1.98. The molecule has 16 heavy (non-hydrogen) atoms. The molecule has 2 heterocycles. The molecule has 2 aromatic heterocycles. The Balaban J connectivity index is 1.88. The number of hydrogen-bond acceptors (Lipinski definition) is 4. The molecule has 0 atom stereocenters. The lowest BCUT2D eigenvalue weighted by Gasteiger charge is -2.03. The molecule has 0 bridgehead atoms. The van der Waals surface area contributed by atoms with Gasteiger partial charge >= 0.3 is 0 Å². The van der Waals surface area contributed by atoms with Crippen molar-refractivity contribution in [3.05, 3.63) is 29.0 Å². The summed E-state index contributed by atoms with van der Waals surface area (Å²) in [6, 6.07) is 0. The first kappa shape index (κ1) is 11.1. The molecule has 0 aromatic carbocycles. The minimum absolute atomic E-state index is 0.620. The normalized spacial score (nSPS) is 10.9. The van der Waals surface area contributed by atoms with Gasteiger partial charge < -0.3 is 5.32 Å². The fourth-order valence-electron chi connectivity index (χ4n) is 1.45. The molecule has 86 valence electrons.